The van der Waals surface area contributed by atoms with Crippen LogP contribution < -0.4 is 4.72 Å². The number of carbonyl (C=O) groups is 2. The molecule has 0 radical (unpaired) electrons. The van der Waals surface area contributed by atoms with Crippen LogP contribution in [-0.4, -0.2) is 89.4 Å². The number of nitrogens with one attached hydrogen (secondary N) is 1. The van der Waals surface area contributed by atoms with Gasteiger partial charge in [0.25, 0.3) is 0 Å². The predicted octanol–water partition coefficient (Wildman–Crippen LogP) is 3.45. The number of benzene rings is 2. The second-order valence-corrected chi connectivity index (χ2v) is 12.3. The number of amides is 1. The van der Waals surface area contributed by atoms with Crippen LogP contribution in [-0.2, 0) is 38.0 Å². The van der Waals surface area contributed by atoms with Crippen LogP contribution in [0.3, 0.4) is 0 Å². The number of carboxylic acid groups (broad SMARTS) is 1. The van der Waals surface area contributed by atoms with E-state index in [-0.39, 0.29) is 23.9 Å². The van der Waals surface area contributed by atoms with Crippen molar-refractivity contribution in [1.82, 2.24) is 19.9 Å². The number of hydrogen-bond donors (Lipinski definition) is 3. The molecule has 0 saturated carbocycles. The number of carbonyl (C=O) groups excluding carboxylic acids is 1. The Morgan fingerprint density at radius 2 is 1.85 bits per heavy atom. The van der Waals surface area contributed by atoms with Crippen LogP contribution in [0.1, 0.15) is 35.0 Å². The van der Waals surface area contributed by atoms with Gasteiger partial charge >= 0.3 is 24.2 Å². The van der Waals surface area contributed by atoms with Crippen molar-refractivity contribution in [3.63, 3.8) is 0 Å². The van der Waals surface area contributed by atoms with Crippen molar-refractivity contribution in [2.45, 2.75) is 43.1 Å². The van der Waals surface area contributed by atoms with Crippen LogP contribution in [0, 0.1) is 0 Å². The number of aliphatic carboxylic acids is 1. The third-order valence-electron chi connectivity index (χ3n) is 7.12. The van der Waals surface area contributed by atoms with E-state index in [1.807, 2.05) is 4.90 Å². The number of sulfonamides is 1. The van der Waals surface area contributed by atoms with E-state index in [2.05, 4.69) is 19.4 Å². The summed E-state index contributed by atoms with van der Waals surface area (Å²) in [7, 11) is -1.78. The summed E-state index contributed by atoms with van der Waals surface area (Å²) in [5, 5.41) is 20.6. The number of likely N-dealkylation sites (tertiary alicyclic amines) is 1. The molecule has 0 bridgehead atoms. The first-order chi connectivity index (χ1) is 21.3. The van der Waals surface area contributed by atoms with Crippen LogP contribution in [0.2, 0.25) is 0 Å². The lowest BCUT2D eigenvalue weighted by molar-refractivity contribution is -0.192. The first-order valence-electron chi connectivity index (χ1n) is 13.4. The summed E-state index contributed by atoms with van der Waals surface area (Å²) in [5.41, 5.74) is 2.66. The fourth-order valence-corrected chi connectivity index (χ4v) is 6.11. The second kappa shape index (κ2) is 13.2. The molecule has 1 fully saturated rings. The Morgan fingerprint density at radius 1 is 1.15 bits per heavy atom. The number of aliphatic hydroxyl groups is 1. The minimum atomic E-state index is -5.08. The third-order valence-corrected chi connectivity index (χ3v) is 8.34. The van der Waals surface area contributed by atoms with Gasteiger partial charge in [-0.2, -0.15) is 31.3 Å². The van der Waals surface area contributed by atoms with Gasteiger partial charge in [0, 0.05) is 32.2 Å². The highest BCUT2D eigenvalue weighted by Gasteiger charge is 2.39. The SMILES string of the molecule is CN(C(=O)Cc1ccc2c(c1)NS(=O)(=O)C2)C(CN1CC[C@H](O)C1)c1cccc(-c2noc(C(F)(F)F)n2)c1.O=C(O)C(F)(F)F. The molecule has 250 valence electrons. The van der Waals surface area contributed by atoms with Gasteiger partial charge in [0.15, 0.2) is 0 Å². The molecule has 19 heteroatoms. The Morgan fingerprint density at radius 3 is 2.43 bits per heavy atom. The van der Waals surface area contributed by atoms with Crippen molar-refractivity contribution >= 4 is 27.6 Å². The molecule has 2 aliphatic rings. The Labute approximate surface area is 257 Å². The molecular formula is C27H27F6N5O7S. The zero-order chi connectivity index (χ0) is 34.0. The van der Waals surface area contributed by atoms with Gasteiger partial charge in [0.2, 0.25) is 21.8 Å². The van der Waals surface area contributed by atoms with Crippen molar-refractivity contribution in [2.75, 3.05) is 31.4 Å². The first kappa shape index (κ1) is 34.6. The number of rotatable bonds is 7. The highest BCUT2D eigenvalue weighted by Crippen LogP contribution is 2.32. The van der Waals surface area contributed by atoms with E-state index in [0.717, 1.165) is 0 Å². The molecule has 46 heavy (non-hydrogen) atoms. The van der Waals surface area contributed by atoms with Crippen LogP contribution >= 0.6 is 0 Å². The van der Waals surface area contributed by atoms with E-state index >= 15 is 0 Å². The van der Waals surface area contributed by atoms with Crippen LogP contribution in [0.4, 0.5) is 32.0 Å². The monoisotopic (exact) mass is 679 g/mol. The van der Waals surface area contributed by atoms with Crippen molar-refractivity contribution in [1.29, 1.82) is 0 Å². The number of halogens is 6. The van der Waals surface area contributed by atoms with Crippen molar-refractivity contribution in [3.05, 3.63) is 65.0 Å². The zero-order valence-corrected chi connectivity index (χ0v) is 24.7. The number of fused-ring (bicyclic) bond motifs is 1. The molecule has 5 rings (SSSR count). The molecule has 1 saturated heterocycles. The summed E-state index contributed by atoms with van der Waals surface area (Å²) < 4.78 is 101. The van der Waals surface area contributed by atoms with E-state index in [1.165, 1.54) is 0 Å². The molecule has 1 unspecified atom stereocenters. The fraction of sp³-hybridized carbons (Fsp3) is 0.407. The Hall–Kier alpha value is -4.23. The lowest BCUT2D eigenvalue weighted by Gasteiger charge is -2.32. The number of likely N-dealkylation sites (N-methyl/N-ethyl adjacent to an activating group) is 1. The van der Waals surface area contributed by atoms with Crippen molar-refractivity contribution < 1.29 is 59.1 Å². The van der Waals surface area contributed by atoms with E-state index in [4.69, 9.17) is 9.90 Å². The number of alkyl halides is 6. The first-order valence-corrected chi connectivity index (χ1v) is 15.1. The topological polar surface area (TPSA) is 166 Å². The average Bonchev–Trinajstić information content (AvgIpc) is 3.68. The Balaban J connectivity index is 0.000000617. The molecule has 1 amide bonds. The van der Waals surface area contributed by atoms with Crippen molar-refractivity contribution in [3.8, 4) is 11.4 Å². The summed E-state index contributed by atoms with van der Waals surface area (Å²) in [6.07, 6.45) is -9.73. The quantitative estimate of drug-likeness (QED) is 0.315. The van der Waals surface area contributed by atoms with Gasteiger partial charge in [-0.05, 0) is 35.2 Å². The summed E-state index contributed by atoms with van der Waals surface area (Å²) >= 11 is 0. The number of β-amino-alcohol motifs (C(OH)–C–C–N with tert-alkyl or cyclic N) is 1. The largest absolute Gasteiger partial charge is 0.490 e. The molecule has 2 atom stereocenters. The van der Waals surface area contributed by atoms with Gasteiger partial charge in [0.05, 0.1) is 30.0 Å². The second-order valence-electron chi connectivity index (χ2n) is 10.6. The number of aliphatic hydroxyl groups excluding tert-OH is 1. The van der Waals surface area contributed by atoms with Gasteiger partial charge in [-0.25, -0.2) is 13.2 Å². The number of nitrogens with zero attached hydrogens (tertiary/aromatic N) is 4. The van der Waals surface area contributed by atoms with E-state index in [0.29, 0.717) is 54.0 Å². The molecular weight excluding hydrogens is 652 g/mol. The molecule has 2 aromatic carbocycles. The standard InChI is InChI=1S/C25H26F3N5O5S.C2HF3O2/c1-32(22(35)10-15-5-6-18-14-39(36,37)31-20(18)9-15)21(13-33-8-7-19(34)12-33)16-3-2-4-17(11-16)23-29-24(38-30-23)25(26,27)28;3-2(4,5)1(6)7/h2-6,9,11,19,21,31,34H,7-8,10,12-14H2,1H3;(H,6,7)/t19-,21?;/m0./s1. The predicted molar refractivity (Wildman–Crippen MR) is 147 cm³/mol. The lowest BCUT2D eigenvalue weighted by atomic mass is 10.0. The molecule has 1 aromatic heterocycles. The Kier molecular flexibility index (Phi) is 9.98. The molecule has 3 N–H and O–H groups in total. The number of aromatic nitrogens is 2. The summed E-state index contributed by atoms with van der Waals surface area (Å²) in [6, 6.07) is 11.1. The van der Waals surface area contributed by atoms with Crippen LogP contribution in [0.5, 0.6) is 0 Å². The maximum absolute atomic E-state index is 13.4. The van der Waals surface area contributed by atoms with Gasteiger partial charge in [0.1, 0.15) is 0 Å². The van der Waals surface area contributed by atoms with Crippen molar-refractivity contribution in [2.24, 2.45) is 0 Å². The molecule has 0 aliphatic carbocycles. The van der Waals surface area contributed by atoms with Crippen LogP contribution in [0.15, 0.2) is 47.0 Å². The highest BCUT2D eigenvalue weighted by atomic mass is 32.2. The van der Waals surface area contributed by atoms with Gasteiger partial charge in [-0.1, -0.05) is 35.5 Å². The average molecular weight is 680 g/mol. The fourth-order valence-electron chi connectivity index (χ4n) is 4.85. The zero-order valence-electron chi connectivity index (χ0n) is 23.8. The maximum atomic E-state index is 13.4. The summed E-state index contributed by atoms with van der Waals surface area (Å²) in [4.78, 5) is 29.4. The minimum Gasteiger partial charge on any atom is -0.475 e. The molecule has 12 nitrogen and oxygen atoms in total. The number of hydrogen-bond acceptors (Lipinski definition) is 9. The normalized spacial score (nSPS) is 18.2. The third kappa shape index (κ3) is 8.73. The molecule has 3 heterocycles. The summed E-state index contributed by atoms with van der Waals surface area (Å²) in [5.74, 6) is -4.79. The molecule has 2 aliphatic heterocycles. The van der Waals surface area contributed by atoms with Crippen LogP contribution in [0.25, 0.3) is 11.4 Å². The van der Waals surface area contributed by atoms with Gasteiger partial charge in [-0.3, -0.25) is 14.4 Å². The Bertz CT molecular complexity index is 1700. The lowest BCUT2D eigenvalue weighted by Crippen LogP contribution is -2.39. The summed E-state index contributed by atoms with van der Waals surface area (Å²) in [6.45, 7) is 1.44. The smallest absolute Gasteiger partial charge is 0.475 e. The minimum absolute atomic E-state index is 0.00408. The number of anilines is 1. The molecule has 3 aromatic rings. The molecule has 0 spiro atoms. The van der Waals surface area contributed by atoms with E-state index in [1.54, 1.807) is 54.4 Å². The maximum Gasteiger partial charge on any atom is 0.490 e. The number of carboxylic acids is 1. The van der Waals surface area contributed by atoms with Gasteiger partial charge < -0.3 is 19.6 Å². The van der Waals surface area contributed by atoms with E-state index in [9.17, 15) is 44.7 Å². The van der Waals surface area contributed by atoms with E-state index < -0.39 is 46.4 Å². The highest BCUT2D eigenvalue weighted by molar-refractivity contribution is 7.92. The van der Waals surface area contributed by atoms with Gasteiger partial charge in [-0.15, -0.1) is 0 Å².